The third kappa shape index (κ3) is 3.63. The van der Waals surface area contributed by atoms with E-state index < -0.39 is 15.9 Å². The Morgan fingerprint density at radius 2 is 1.79 bits per heavy atom. The van der Waals surface area contributed by atoms with E-state index in [0.717, 1.165) is 0 Å². The largest absolute Gasteiger partial charge is 0.355 e. The van der Waals surface area contributed by atoms with Gasteiger partial charge in [0.05, 0.1) is 17.3 Å². The number of piperidine rings is 1. The van der Waals surface area contributed by atoms with Crippen molar-refractivity contribution >= 4 is 27.5 Å². The maximum Gasteiger partial charge on any atom is 0.295 e. The van der Waals surface area contributed by atoms with Gasteiger partial charge in [0.1, 0.15) is 10.6 Å². The van der Waals surface area contributed by atoms with E-state index in [1.54, 1.807) is 42.9 Å². The minimum atomic E-state index is -3.73. The van der Waals surface area contributed by atoms with Gasteiger partial charge >= 0.3 is 0 Å². The van der Waals surface area contributed by atoms with E-state index in [1.165, 1.54) is 4.68 Å². The zero-order valence-electron chi connectivity index (χ0n) is 18.9. The first-order valence-electron chi connectivity index (χ1n) is 11.1. The van der Waals surface area contributed by atoms with Crippen LogP contribution in [0.4, 0.5) is 5.69 Å². The molecule has 0 saturated carbocycles. The Morgan fingerprint density at radius 3 is 2.56 bits per heavy atom. The number of fused-ring (bicyclic) bond motifs is 1. The number of sulfonamides is 1. The van der Waals surface area contributed by atoms with Crippen LogP contribution in [0.3, 0.4) is 0 Å². The van der Waals surface area contributed by atoms with Crippen LogP contribution in [0.2, 0.25) is 0 Å². The molecule has 1 fully saturated rings. The minimum absolute atomic E-state index is 0.193. The summed E-state index contributed by atoms with van der Waals surface area (Å²) >= 11 is 0. The number of carbonyl (C=O) groups excluding carboxylic acids is 1. The molecule has 3 heterocycles. The Morgan fingerprint density at radius 1 is 1.09 bits per heavy atom. The number of hydrogen-bond acceptors (Lipinski definition) is 5. The van der Waals surface area contributed by atoms with Crippen LogP contribution < -0.4 is 10.9 Å². The van der Waals surface area contributed by atoms with Crippen LogP contribution in [0, 0.1) is 12.8 Å². The van der Waals surface area contributed by atoms with Gasteiger partial charge in [-0.3, -0.25) is 14.3 Å². The van der Waals surface area contributed by atoms with E-state index >= 15 is 0 Å². The van der Waals surface area contributed by atoms with E-state index in [0.29, 0.717) is 48.7 Å². The van der Waals surface area contributed by atoms with Gasteiger partial charge in [0.15, 0.2) is 5.84 Å². The molecule has 1 saturated heterocycles. The Bertz CT molecular complexity index is 1470. The quantitative estimate of drug-likeness (QED) is 0.621. The fourth-order valence-corrected chi connectivity index (χ4v) is 5.87. The van der Waals surface area contributed by atoms with Crippen molar-refractivity contribution in [2.24, 2.45) is 17.4 Å². The molecule has 0 aliphatic carbocycles. The van der Waals surface area contributed by atoms with Gasteiger partial charge in [0.2, 0.25) is 5.91 Å². The van der Waals surface area contributed by atoms with Crippen molar-refractivity contribution in [1.29, 1.82) is 0 Å². The van der Waals surface area contributed by atoms with Gasteiger partial charge in [-0.25, -0.2) is 4.68 Å². The zero-order chi connectivity index (χ0) is 24.0. The number of amides is 1. The summed E-state index contributed by atoms with van der Waals surface area (Å²) in [4.78, 5) is 28.4. The highest BCUT2D eigenvalue weighted by Crippen LogP contribution is 2.30. The van der Waals surface area contributed by atoms with Gasteiger partial charge in [0.25, 0.3) is 15.6 Å². The monoisotopic (exact) mass is 479 g/mol. The van der Waals surface area contributed by atoms with Crippen LogP contribution in [0.25, 0.3) is 5.69 Å². The molecule has 5 rings (SSSR count). The lowest BCUT2D eigenvalue weighted by Crippen LogP contribution is -2.44. The van der Waals surface area contributed by atoms with Crippen LogP contribution in [0.15, 0.2) is 68.7 Å². The predicted molar refractivity (Wildman–Crippen MR) is 129 cm³/mol. The van der Waals surface area contributed by atoms with Crippen LogP contribution in [-0.4, -0.2) is 47.5 Å². The Balaban J connectivity index is 1.39. The van der Waals surface area contributed by atoms with Gasteiger partial charge in [0, 0.05) is 25.7 Å². The predicted octanol–water partition coefficient (Wildman–Crippen LogP) is 2.28. The molecule has 3 aromatic rings. The third-order valence-electron chi connectivity index (χ3n) is 6.51. The van der Waals surface area contributed by atoms with E-state index in [4.69, 9.17) is 0 Å². The lowest BCUT2D eigenvalue weighted by Gasteiger charge is -2.33. The first-order chi connectivity index (χ1) is 16.3. The number of carbonyl (C=O) groups is 1. The van der Waals surface area contributed by atoms with E-state index in [1.807, 2.05) is 35.2 Å². The van der Waals surface area contributed by atoms with Crippen LogP contribution in [0.1, 0.15) is 24.1 Å². The van der Waals surface area contributed by atoms with Crippen molar-refractivity contribution in [1.82, 2.24) is 14.3 Å². The van der Waals surface area contributed by atoms with Gasteiger partial charge < -0.3 is 10.2 Å². The molecule has 0 spiro atoms. The number of likely N-dealkylation sites (tertiary alicyclic amines) is 1. The molecule has 2 aliphatic heterocycles. The van der Waals surface area contributed by atoms with Crippen molar-refractivity contribution in [3.05, 3.63) is 76.2 Å². The molecule has 1 unspecified atom stereocenters. The number of anilines is 1. The number of para-hydroxylation sites is 1. The lowest BCUT2D eigenvalue weighted by atomic mass is 9.96. The number of amidine groups is 1. The number of benzene rings is 2. The van der Waals surface area contributed by atoms with Gasteiger partial charge in [-0.05, 0) is 44.0 Å². The Hall–Kier alpha value is -3.66. The number of rotatable bonds is 3. The molecule has 34 heavy (non-hydrogen) atoms. The molecule has 1 N–H and O–H groups in total. The standard InChI is InChI=1S/C24H25N5O4S/c1-16-21(24(31)29(27(16)2)18-10-4-3-5-11-18)25-23(30)17-9-8-14-28(15-17)22-19-12-6-7-13-20(19)34(32,33)26-22/h3-7,10-13,17H,8-9,14-15H2,1-2H3,(H,25,30). The van der Waals surface area contributed by atoms with Crippen molar-refractivity contribution < 1.29 is 13.2 Å². The summed E-state index contributed by atoms with van der Waals surface area (Å²) < 4.78 is 32.1. The SMILES string of the molecule is Cc1c(NC(=O)C2CCCN(C3=NS(=O)(=O)c4ccccc43)C2)c(=O)n(-c2ccccc2)n1C. The second-order valence-corrected chi connectivity index (χ2v) is 10.2. The van der Waals surface area contributed by atoms with Crippen LogP contribution in [0.5, 0.6) is 0 Å². The fraction of sp³-hybridized carbons (Fsp3) is 0.292. The molecule has 10 heteroatoms. The molecule has 2 aliphatic rings. The topological polar surface area (TPSA) is 106 Å². The minimum Gasteiger partial charge on any atom is -0.355 e. The highest BCUT2D eigenvalue weighted by atomic mass is 32.2. The second kappa shape index (κ2) is 8.28. The lowest BCUT2D eigenvalue weighted by molar-refractivity contribution is -0.121. The van der Waals surface area contributed by atoms with Gasteiger partial charge in [-0.15, -0.1) is 4.40 Å². The molecule has 0 radical (unpaired) electrons. The first-order valence-corrected chi connectivity index (χ1v) is 12.6. The smallest absolute Gasteiger partial charge is 0.295 e. The molecule has 1 atom stereocenters. The summed E-state index contributed by atoms with van der Waals surface area (Å²) in [5.41, 5.74) is 1.87. The average Bonchev–Trinajstić information content (AvgIpc) is 3.24. The van der Waals surface area contributed by atoms with Crippen LogP contribution in [-0.2, 0) is 21.9 Å². The van der Waals surface area contributed by atoms with E-state index in [-0.39, 0.29) is 22.0 Å². The third-order valence-corrected chi connectivity index (χ3v) is 7.83. The molecule has 0 bridgehead atoms. The van der Waals surface area contributed by atoms with Crippen molar-refractivity contribution in [3.8, 4) is 5.69 Å². The maximum absolute atomic E-state index is 13.2. The fourth-order valence-electron chi connectivity index (χ4n) is 4.64. The summed E-state index contributed by atoms with van der Waals surface area (Å²) in [5, 5.41) is 2.85. The van der Waals surface area contributed by atoms with Crippen molar-refractivity contribution in [2.75, 3.05) is 18.4 Å². The van der Waals surface area contributed by atoms with Crippen molar-refractivity contribution in [3.63, 3.8) is 0 Å². The normalized spacial score (nSPS) is 18.9. The summed E-state index contributed by atoms with van der Waals surface area (Å²) in [6.45, 7) is 2.73. The molecule has 1 aromatic heterocycles. The highest BCUT2D eigenvalue weighted by Gasteiger charge is 2.35. The van der Waals surface area contributed by atoms with Crippen LogP contribution >= 0.6 is 0 Å². The molecule has 2 aromatic carbocycles. The molecular formula is C24H25N5O4S. The highest BCUT2D eigenvalue weighted by molar-refractivity contribution is 7.90. The van der Waals surface area contributed by atoms with E-state index in [9.17, 15) is 18.0 Å². The average molecular weight is 480 g/mol. The summed E-state index contributed by atoms with van der Waals surface area (Å²) in [5.74, 6) is -0.281. The van der Waals surface area contributed by atoms with Gasteiger partial charge in [-0.1, -0.05) is 30.3 Å². The molecule has 1 amide bonds. The molecule has 176 valence electrons. The summed E-state index contributed by atoms with van der Waals surface area (Å²) in [7, 11) is -1.96. The second-order valence-electron chi connectivity index (χ2n) is 8.60. The van der Waals surface area contributed by atoms with Crippen molar-refractivity contribution in [2.45, 2.75) is 24.7 Å². The summed E-state index contributed by atoms with van der Waals surface area (Å²) in [6.07, 6.45) is 1.35. The number of nitrogens with zero attached hydrogens (tertiary/aromatic N) is 4. The number of aromatic nitrogens is 2. The van der Waals surface area contributed by atoms with E-state index in [2.05, 4.69) is 9.71 Å². The summed E-state index contributed by atoms with van der Waals surface area (Å²) in [6, 6.07) is 16.0. The number of hydrogen-bond donors (Lipinski definition) is 1. The Kier molecular flexibility index (Phi) is 5.40. The molecule has 9 nitrogen and oxygen atoms in total. The molecular weight excluding hydrogens is 454 g/mol. The Labute approximate surface area is 197 Å². The maximum atomic E-state index is 13.2. The number of nitrogens with one attached hydrogen (secondary N) is 1. The van der Waals surface area contributed by atoms with Gasteiger partial charge in [-0.2, -0.15) is 8.42 Å². The first kappa shape index (κ1) is 22.1. The zero-order valence-corrected chi connectivity index (χ0v) is 19.7.